The van der Waals surface area contributed by atoms with Gasteiger partial charge in [0.25, 0.3) is 5.91 Å². The van der Waals surface area contributed by atoms with Crippen LogP contribution in [0.3, 0.4) is 0 Å². The van der Waals surface area contributed by atoms with Crippen molar-refractivity contribution in [1.82, 2.24) is 15.3 Å². The van der Waals surface area contributed by atoms with Gasteiger partial charge in [0, 0.05) is 47.8 Å². The van der Waals surface area contributed by atoms with Gasteiger partial charge in [-0.3, -0.25) is 4.79 Å². The van der Waals surface area contributed by atoms with E-state index < -0.39 is 0 Å². The molecule has 0 spiro atoms. The van der Waals surface area contributed by atoms with Gasteiger partial charge in [-0.1, -0.05) is 18.2 Å². The number of nitrogens with zero attached hydrogens (tertiary/aromatic N) is 3. The molecule has 1 aliphatic rings. The van der Waals surface area contributed by atoms with Crippen LogP contribution in [-0.4, -0.2) is 42.1 Å². The molecule has 0 aliphatic heterocycles. The highest BCUT2D eigenvalue weighted by atomic mass is 32.1. The predicted molar refractivity (Wildman–Crippen MR) is 115 cm³/mol. The molecule has 1 aromatic carbocycles. The molecule has 6 nitrogen and oxygen atoms in total. The molecule has 0 unspecified atom stereocenters. The molecule has 7 heteroatoms. The number of aromatic nitrogens is 2. The molecule has 1 fully saturated rings. The van der Waals surface area contributed by atoms with Crippen LogP contribution in [0, 0.1) is 0 Å². The van der Waals surface area contributed by atoms with Crippen LogP contribution >= 0.6 is 11.3 Å². The third-order valence-electron chi connectivity index (χ3n) is 5.22. The Kier molecular flexibility index (Phi) is 5.43. The van der Waals surface area contributed by atoms with Crippen LogP contribution < -0.4 is 15.5 Å². The minimum absolute atomic E-state index is 0.0378. The highest BCUT2D eigenvalue weighted by Crippen LogP contribution is 2.27. The van der Waals surface area contributed by atoms with E-state index in [4.69, 9.17) is 0 Å². The van der Waals surface area contributed by atoms with Gasteiger partial charge < -0.3 is 15.5 Å². The molecule has 0 saturated heterocycles. The number of anilines is 2. The van der Waals surface area contributed by atoms with Crippen LogP contribution in [0.1, 0.15) is 36.0 Å². The number of amides is 1. The predicted octanol–water partition coefficient (Wildman–Crippen LogP) is 3.91. The molecule has 1 amide bonds. The maximum absolute atomic E-state index is 12.7. The summed E-state index contributed by atoms with van der Waals surface area (Å²) in [7, 11) is 3.94. The van der Waals surface area contributed by atoms with Crippen LogP contribution in [-0.2, 0) is 0 Å². The van der Waals surface area contributed by atoms with Gasteiger partial charge >= 0.3 is 0 Å². The van der Waals surface area contributed by atoms with E-state index in [0.717, 1.165) is 47.2 Å². The van der Waals surface area contributed by atoms with Crippen molar-refractivity contribution in [3.05, 3.63) is 47.5 Å². The molecule has 4 rings (SSSR count). The average Bonchev–Trinajstić information content (AvgIpc) is 3.14. The van der Waals surface area contributed by atoms with E-state index in [2.05, 4.69) is 26.7 Å². The molecule has 0 bridgehead atoms. The Bertz CT molecular complexity index is 962. The second-order valence-electron chi connectivity index (χ2n) is 7.44. The molecule has 3 aromatic rings. The molecule has 0 atom stereocenters. The van der Waals surface area contributed by atoms with E-state index in [1.165, 1.54) is 0 Å². The van der Waals surface area contributed by atoms with Gasteiger partial charge in [0.15, 0.2) is 0 Å². The molecular weight excluding hydrogens is 370 g/mol. The van der Waals surface area contributed by atoms with Crippen LogP contribution in [0.4, 0.5) is 11.8 Å². The zero-order valence-electron chi connectivity index (χ0n) is 16.2. The Morgan fingerprint density at radius 3 is 2.64 bits per heavy atom. The van der Waals surface area contributed by atoms with Gasteiger partial charge in [-0.25, -0.2) is 4.98 Å². The fraction of sp³-hybridized carbons (Fsp3) is 0.381. The molecular formula is C21H25N5OS. The molecule has 2 heterocycles. The Hall–Kier alpha value is -2.67. The van der Waals surface area contributed by atoms with E-state index in [9.17, 15) is 4.79 Å². The summed E-state index contributed by atoms with van der Waals surface area (Å²) in [4.78, 5) is 23.5. The summed E-state index contributed by atoms with van der Waals surface area (Å²) in [5, 5.41) is 9.67. The number of carbonyl (C=O) groups is 1. The van der Waals surface area contributed by atoms with E-state index in [0.29, 0.717) is 12.0 Å². The summed E-state index contributed by atoms with van der Waals surface area (Å²) in [5.74, 6) is 1.60. The highest BCUT2D eigenvalue weighted by Gasteiger charge is 2.24. The lowest BCUT2D eigenvalue weighted by Crippen LogP contribution is -2.40. The largest absolute Gasteiger partial charge is 0.363 e. The maximum Gasteiger partial charge on any atom is 0.252 e. The first-order chi connectivity index (χ1) is 13.6. The van der Waals surface area contributed by atoms with Crippen LogP contribution in [0.15, 0.2) is 41.9 Å². The lowest BCUT2D eigenvalue weighted by Gasteiger charge is -2.29. The molecule has 146 valence electrons. The Balaban J connectivity index is 1.32. The Morgan fingerprint density at radius 1 is 1.11 bits per heavy atom. The number of benzene rings is 1. The van der Waals surface area contributed by atoms with Crippen LogP contribution in [0.25, 0.3) is 10.1 Å². The summed E-state index contributed by atoms with van der Waals surface area (Å²) in [6.45, 7) is 0. The quantitative estimate of drug-likeness (QED) is 0.685. The van der Waals surface area contributed by atoms with Crippen LogP contribution in [0.5, 0.6) is 0 Å². The number of thiophene rings is 1. The number of nitrogens with one attached hydrogen (secondary N) is 2. The smallest absolute Gasteiger partial charge is 0.252 e. The lowest BCUT2D eigenvalue weighted by molar-refractivity contribution is 0.0928. The third-order valence-corrected chi connectivity index (χ3v) is 6.18. The van der Waals surface area contributed by atoms with Crippen molar-refractivity contribution in [3.8, 4) is 0 Å². The highest BCUT2D eigenvalue weighted by molar-refractivity contribution is 7.17. The summed E-state index contributed by atoms with van der Waals surface area (Å²) in [5.41, 5.74) is 0.787. The van der Waals surface area contributed by atoms with Crippen molar-refractivity contribution < 1.29 is 4.79 Å². The molecule has 1 saturated carbocycles. The van der Waals surface area contributed by atoms with Crippen molar-refractivity contribution in [2.75, 3.05) is 24.3 Å². The van der Waals surface area contributed by atoms with E-state index in [1.807, 2.05) is 48.6 Å². The van der Waals surface area contributed by atoms with Crippen LogP contribution in [0.2, 0.25) is 0 Å². The first-order valence-corrected chi connectivity index (χ1v) is 10.5. The topological polar surface area (TPSA) is 70.2 Å². The summed E-state index contributed by atoms with van der Waals surface area (Å²) in [6, 6.07) is 10.5. The molecule has 2 N–H and O–H groups in total. The fourth-order valence-corrected chi connectivity index (χ4v) is 4.59. The lowest BCUT2D eigenvalue weighted by atomic mass is 9.91. The SMILES string of the molecule is CN(C)c1ccnc(N[C@H]2CC[C@@H](NC(=O)c3csc4ccccc34)CC2)n1. The van der Waals surface area contributed by atoms with E-state index in [-0.39, 0.29) is 11.9 Å². The number of hydrogen-bond acceptors (Lipinski definition) is 6. The zero-order valence-corrected chi connectivity index (χ0v) is 17.0. The van der Waals surface area contributed by atoms with Gasteiger partial charge in [-0.05, 0) is 37.8 Å². The first kappa shape index (κ1) is 18.7. The monoisotopic (exact) mass is 395 g/mol. The van der Waals surface area contributed by atoms with Crippen molar-refractivity contribution in [2.24, 2.45) is 0 Å². The third kappa shape index (κ3) is 4.09. The van der Waals surface area contributed by atoms with E-state index in [1.54, 1.807) is 17.5 Å². The van der Waals surface area contributed by atoms with Crippen molar-refractivity contribution in [1.29, 1.82) is 0 Å². The number of hydrogen-bond donors (Lipinski definition) is 2. The van der Waals surface area contributed by atoms with Gasteiger partial charge in [0.2, 0.25) is 5.95 Å². The second-order valence-corrected chi connectivity index (χ2v) is 8.36. The summed E-state index contributed by atoms with van der Waals surface area (Å²) < 4.78 is 1.15. The number of carbonyl (C=O) groups excluding carboxylic acids is 1. The second kappa shape index (κ2) is 8.14. The minimum atomic E-state index is 0.0378. The minimum Gasteiger partial charge on any atom is -0.363 e. The average molecular weight is 396 g/mol. The molecule has 28 heavy (non-hydrogen) atoms. The summed E-state index contributed by atoms with van der Waals surface area (Å²) in [6.07, 6.45) is 5.68. The van der Waals surface area contributed by atoms with Crippen molar-refractivity contribution in [3.63, 3.8) is 0 Å². The number of rotatable bonds is 5. The Labute approximate surface area is 169 Å². The normalized spacial score (nSPS) is 19.4. The van der Waals surface area contributed by atoms with Crippen molar-refractivity contribution >= 4 is 39.1 Å². The maximum atomic E-state index is 12.7. The molecule has 0 radical (unpaired) electrons. The number of fused-ring (bicyclic) bond motifs is 1. The summed E-state index contributed by atoms with van der Waals surface area (Å²) >= 11 is 1.62. The fourth-order valence-electron chi connectivity index (χ4n) is 3.65. The van der Waals surface area contributed by atoms with E-state index >= 15 is 0 Å². The first-order valence-electron chi connectivity index (χ1n) is 9.64. The van der Waals surface area contributed by atoms with Gasteiger partial charge in [0.05, 0.1) is 5.56 Å². The zero-order chi connectivity index (χ0) is 19.5. The van der Waals surface area contributed by atoms with Gasteiger partial charge in [-0.2, -0.15) is 4.98 Å². The molecule has 1 aliphatic carbocycles. The standard InChI is InChI=1S/C21H25N5OS/c1-26(2)19-11-12-22-21(25-19)24-15-9-7-14(8-10-15)23-20(27)17-13-28-18-6-4-3-5-16(17)18/h3-6,11-15H,7-10H2,1-2H3,(H,23,27)(H,22,24,25)/t14-,15+. The Morgan fingerprint density at radius 2 is 1.86 bits per heavy atom. The van der Waals surface area contributed by atoms with Crippen molar-refractivity contribution in [2.45, 2.75) is 37.8 Å². The van der Waals surface area contributed by atoms with Gasteiger partial charge in [-0.15, -0.1) is 11.3 Å². The molecule has 2 aromatic heterocycles. The van der Waals surface area contributed by atoms with Gasteiger partial charge in [0.1, 0.15) is 5.82 Å².